The second-order valence-corrected chi connectivity index (χ2v) is 5.44. The van der Waals surface area contributed by atoms with E-state index in [-0.39, 0.29) is 4.90 Å². The summed E-state index contributed by atoms with van der Waals surface area (Å²) < 4.78 is 26.0. The van der Waals surface area contributed by atoms with Gasteiger partial charge in [0.05, 0.1) is 6.07 Å². The van der Waals surface area contributed by atoms with Crippen LogP contribution in [0.4, 0.5) is 0 Å². The molecule has 5 nitrogen and oxygen atoms in total. The van der Waals surface area contributed by atoms with Crippen LogP contribution in [0.5, 0.6) is 0 Å². The molecule has 0 aliphatic rings. The van der Waals surface area contributed by atoms with Crippen LogP contribution in [0.15, 0.2) is 27.8 Å². The number of halogens is 1. The lowest BCUT2D eigenvalue weighted by Crippen LogP contribution is -2.31. The van der Waals surface area contributed by atoms with Gasteiger partial charge in [0.2, 0.25) is 10.0 Å². The van der Waals surface area contributed by atoms with E-state index < -0.39 is 16.1 Å². The van der Waals surface area contributed by atoms with Gasteiger partial charge in [-0.2, -0.15) is 9.98 Å². The van der Waals surface area contributed by atoms with E-state index in [1.807, 2.05) is 0 Å². The van der Waals surface area contributed by atoms with Crippen molar-refractivity contribution in [2.75, 3.05) is 0 Å². The van der Waals surface area contributed by atoms with Gasteiger partial charge in [0, 0.05) is 16.9 Å². The molecule has 1 heterocycles. The summed E-state index contributed by atoms with van der Waals surface area (Å²) in [4.78, 5) is 3.76. The van der Waals surface area contributed by atoms with Crippen LogP contribution < -0.4 is 4.72 Å². The highest BCUT2D eigenvalue weighted by atomic mass is 79.9. The van der Waals surface area contributed by atoms with Crippen LogP contribution in [-0.2, 0) is 10.0 Å². The molecule has 1 aromatic heterocycles. The quantitative estimate of drug-likeness (QED) is 0.901. The molecule has 1 N–H and O–H groups in total. The minimum atomic E-state index is -3.66. The number of hydrogen-bond donors (Lipinski definition) is 1. The van der Waals surface area contributed by atoms with Crippen LogP contribution in [0, 0.1) is 11.3 Å². The highest BCUT2D eigenvalue weighted by molar-refractivity contribution is 9.10. The van der Waals surface area contributed by atoms with E-state index in [1.165, 1.54) is 25.4 Å². The van der Waals surface area contributed by atoms with Crippen LogP contribution in [0.1, 0.15) is 6.92 Å². The van der Waals surface area contributed by atoms with Gasteiger partial charge in [-0.3, -0.25) is 4.98 Å². The Morgan fingerprint density at radius 3 is 2.80 bits per heavy atom. The summed E-state index contributed by atoms with van der Waals surface area (Å²) in [6.45, 7) is 1.46. The van der Waals surface area contributed by atoms with Gasteiger partial charge in [-0.1, -0.05) is 0 Å². The zero-order chi connectivity index (χ0) is 11.5. The molecule has 0 aliphatic heterocycles. The van der Waals surface area contributed by atoms with Crippen molar-refractivity contribution >= 4 is 26.0 Å². The first-order valence-electron chi connectivity index (χ1n) is 3.98. The van der Waals surface area contributed by atoms with Gasteiger partial charge in [0.25, 0.3) is 0 Å². The Balaban J connectivity index is 3.03. The fourth-order valence-electron chi connectivity index (χ4n) is 0.866. The van der Waals surface area contributed by atoms with Crippen molar-refractivity contribution < 1.29 is 8.42 Å². The standard InChI is InChI=1S/C8H8BrN3O2S/c1-6(3-10)12-15(13,14)8-2-7(9)4-11-5-8/h2,4-6,12H,1H3. The number of pyridine rings is 1. The smallest absolute Gasteiger partial charge is 0.243 e. The van der Waals surface area contributed by atoms with Gasteiger partial charge in [-0.05, 0) is 28.9 Å². The summed E-state index contributed by atoms with van der Waals surface area (Å²) in [6, 6.07) is 2.43. The average molecular weight is 290 g/mol. The highest BCUT2D eigenvalue weighted by Crippen LogP contribution is 2.14. The average Bonchev–Trinajstić information content (AvgIpc) is 2.17. The third-order valence-electron chi connectivity index (χ3n) is 1.52. The largest absolute Gasteiger partial charge is 0.262 e. The van der Waals surface area contributed by atoms with Gasteiger partial charge in [0.1, 0.15) is 10.9 Å². The number of aromatic nitrogens is 1. The Kier molecular flexibility index (Phi) is 3.79. The number of nitriles is 1. The lowest BCUT2D eigenvalue weighted by Gasteiger charge is -2.07. The molecule has 0 fully saturated rings. The minimum Gasteiger partial charge on any atom is -0.262 e. The summed E-state index contributed by atoms with van der Waals surface area (Å²) in [5, 5.41) is 8.50. The molecule has 80 valence electrons. The first-order chi connectivity index (χ1) is 6.95. The fourth-order valence-corrected chi connectivity index (χ4v) is 2.52. The Labute approximate surface area is 96.3 Å². The molecule has 0 aromatic carbocycles. The van der Waals surface area contributed by atoms with Crippen molar-refractivity contribution in [3.63, 3.8) is 0 Å². The third kappa shape index (κ3) is 3.27. The zero-order valence-electron chi connectivity index (χ0n) is 7.81. The van der Waals surface area contributed by atoms with Gasteiger partial charge < -0.3 is 0 Å². The van der Waals surface area contributed by atoms with Crippen molar-refractivity contribution in [2.45, 2.75) is 17.9 Å². The molecule has 0 aliphatic carbocycles. The normalized spacial score (nSPS) is 13.1. The highest BCUT2D eigenvalue weighted by Gasteiger charge is 2.17. The molecule has 7 heteroatoms. The summed E-state index contributed by atoms with van der Waals surface area (Å²) >= 11 is 3.12. The number of hydrogen-bond acceptors (Lipinski definition) is 4. The number of sulfonamides is 1. The van der Waals surface area contributed by atoms with Crippen molar-refractivity contribution in [1.29, 1.82) is 5.26 Å². The summed E-state index contributed by atoms with van der Waals surface area (Å²) in [5.41, 5.74) is 0. The van der Waals surface area contributed by atoms with E-state index in [0.717, 1.165) is 0 Å². The summed E-state index contributed by atoms with van der Waals surface area (Å²) in [6.07, 6.45) is 2.70. The molecule has 0 bridgehead atoms. The first kappa shape index (κ1) is 12.1. The van der Waals surface area contributed by atoms with E-state index in [1.54, 1.807) is 6.07 Å². The van der Waals surface area contributed by atoms with Gasteiger partial charge >= 0.3 is 0 Å². The number of nitrogens with one attached hydrogen (secondary N) is 1. The molecule has 15 heavy (non-hydrogen) atoms. The predicted molar refractivity (Wildman–Crippen MR) is 57.3 cm³/mol. The van der Waals surface area contributed by atoms with Crippen LogP contribution in [0.25, 0.3) is 0 Å². The maximum Gasteiger partial charge on any atom is 0.243 e. The summed E-state index contributed by atoms with van der Waals surface area (Å²) in [7, 11) is -3.66. The van der Waals surface area contributed by atoms with Crippen LogP contribution in [0.2, 0.25) is 0 Å². The molecule has 0 saturated carbocycles. The monoisotopic (exact) mass is 289 g/mol. The molecule has 1 aromatic rings. The minimum absolute atomic E-state index is 0.0268. The maximum absolute atomic E-state index is 11.6. The van der Waals surface area contributed by atoms with Crippen LogP contribution in [0.3, 0.4) is 0 Å². The van der Waals surface area contributed by atoms with E-state index in [0.29, 0.717) is 4.47 Å². The van der Waals surface area contributed by atoms with E-state index in [9.17, 15) is 8.42 Å². The van der Waals surface area contributed by atoms with Crippen LogP contribution in [-0.4, -0.2) is 19.4 Å². The third-order valence-corrected chi connectivity index (χ3v) is 3.46. The number of rotatable bonds is 3. The Hall–Kier alpha value is -0.970. The molecule has 1 unspecified atom stereocenters. The first-order valence-corrected chi connectivity index (χ1v) is 6.26. The Bertz CT molecular complexity index is 495. The molecule has 0 radical (unpaired) electrons. The Morgan fingerprint density at radius 2 is 2.27 bits per heavy atom. The van der Waals surface area contributed by atoms with Crippen LogP contribution >= 0.6 is 15.9 Å². The topological polar surface area (TPSA) is 82.9 Å². The second kappa shape index (κ2) is 4.70. The molecular weight excluding hydrogens is 282 g/mol. The number of nitrogens with zero attached hydrogens (tertiary/aromatic N) is 2. The van der Waals surface area contributed by atoms with Gasteiger partial charge in [0.15, 0.2) is 0 Å². The van der Waals surface area contributed by atoms with Gasteiger partial charge in [-0.25, -0.2) is 8.42 Å². The SMILES string of the molecule is CC(C#N)NS(=O)(=O)c1cncc(Br)c1. The molecule has 0 saturated heterocycles. The molecule has 0 spiro atoms. The van der Waals surface area contributed by atoms with E-state index in [4.69, 9.17) is 5.26 Å². The van der Waals surface area contributed by atoms with Crippen molar-refractivity contribution in [2.24, 2.45) is 0 Å². The second-order valence-electron chi connectivity index (χ2n) is 2.81. The maximum atomic E-state index is 11.6. The van der Waals surface area contributed by atoms with Gasteiger partial charge in [-0.15, -0.1) is 0 Å². The molecule has 0 amide bonds. The van der Waals surface area contributed by atoms with Crippen molar-refractivity contribution in [1.82, 2.24) is 9.71 Å². The Morgan fingerprint density at radius 1 is 1.60 bits per heavy atom. The van der Waals surface area contributed by atoms with Crippen molar-refractivity contribution in [3.8, 4) is 6.07 Å². The lowest BCUT2D eigenvalue weighted by molar-refractivity contribution is 0.576. The molecular formula is C8H8BrN3O2S. The van der Waals surface area contributed by atoms with Crippen molar-refractivity contribution in [3.05, 3.63) is 22.9 Å². The molecule has 1 atom stereocenters. The van der Waals surface area contributed by atoms with E-state index >= 15 is 0 Å². The lowest BCUT2D eigenvalue weighted by atomic mass is 10.4. The molecule has 1 rings (SSSR count). The predicted octanol–water partition coefficient (Wildman–Crippen LogP) is 1.03. The van der Waals surface area contributed by atoms with E-state index in [2.05, 4.69) is 25.6 Å². The fraction of sp³-hybridized carbons (Fsp3) is 0.250. The summed E-state index contributed by atoms with van der Waals surface area (Å²) in [5.74, 6) is 0. The zero-order valence-corrected chi connectivity index (χ0v) is 10.2.